The summed E-state index contributed by atoms with van der Waals surface area (Å²) in [5.74, 6) is 0.873. The van der Waals surface area contributed by atoms with Crippen molar-refractivity contribution >= 4 is 5.91 Å². The predicted octanol–water partition coefficient (Wildman–Crippen LogP) is 0.425. The van der Waals surface area contributed by atoms with Gasteiger partial charge < -0.3 is 10.1 Å². The second-order valence-corrected chi connectivity index (χ2v) is 6.26. The van der Waals surface area contributed by atoms with E-state index >= 15 is 0 Å². The van der Waals surface area contributed by atoms with Gasteiger partial charge in [-0.3, -0.25) is 9.69 Å². The zero-order valence-electron chi connectivity index (χ0n) is 14.5. The van der Waals surface area contributed by atoms with Crippen LogP contribution in [0, 0.1) is 0 Å². The quantitative estimate of drug-likeness (QED) is 0.784. The molecule has 1 aromatic heterocycles. The highest BCUT2D eigenvalue weighted by Crippen LogP contribution is 2.13. The number of amides is 1. The third-order valence-corrected chi connectivity index (χ3v) is 4.34. The summed E-state index contributed by atoms with van der Waals surface area (Å²) in [6.45, 7) is 6.60. The van der Waals surface area contributed by atoms with Gasteiger partial charge in [0.1, 0.15) is 6.54 Å². The normalized spacial score (nSPS) is 16.5. The summed E-state index contributed by atoms with van der Waals surface area (Å²) in [5.41, 5.74) is 1.21. The lowest BCUT2D eigenvalue weighted by Crippen LogP contribution is -2.37. The van der Waals surface area contributed by atoms with E-state index in [2.05, 4.69) is 44.8 Å². The summed E-state index contributed by atoms with van der Waals surface area (Å²) in [6.07, 6.45) is 0. The molecule has 1 aromatic carbocycles. The SMILES string of the molecule is C[C@@H](CNC(=O)Cn1nnnc1CN1CCOCC1)c1ccccc1. The molecule has 3 rings (SSSR count). The number of nitrogens with zero attached hydrogens (tertiary/aromatic N) is 5. The number of hydrogen-bond acceptors (Lipinski definition) is 6. The van der Waals surface area contributed by atoms with Crippen LogP contribution in [-0.2, 0) is 22.6 Å². The van der Waals surface area contributed by atoms with Crippen molar-refractivity contribution in [3.05, 3.63) is 41.7 Å². The zero-order valence-corrected chi connectivity index (χ0v) is 14.5. The largest absolute Gasteiger partial charge is 0.379 e. The number of nitrogens with one attached hydrogen (secondary N) is 1. The second kappa shape index (κ2) is 8.68. The van der Waals surface area contributed by atoms with Crippen molar-refractivity contribution in [2.75, 3.05) is 32.8 Å². The fourth-order valence-electron chi connectivity index (χ4n) is 2.78. The van der Waals surface area contributed by atoms with Gasteiger partial charge in [-0.1, -0.05) is 37.3 Å². The Balaban J connectivity index is 1.49. The van der Waals surface area contributed by atoms with Gasteiger partial charge in [0.2, 0.25) is 5.91 Å². The van der Waals surface area contributed by atoms with Gasteiger partial charge in [0.05, 0.1) is 19.8 Å². The summed E-state index contributed by atoms with van der Waals surface area (Å²) in [5, 5.41) is 14.7. The molecule has 0 aliphatic carbocycles. The van der Waals surface area contributed by atoms with Gasteiger partial charge in [0.15, 0.2) is 5.82 Å². The highest BCUT2D eigenvalue weighted by molar-refractivity contribution is 5.75. The van der Waals surface area contributed by atoms with Gasteiger partial charge >= 0.3 is 0 Å². The summed E-state index contributed by atoms with van der Waals surface area (Å²) in [4.78, 5) is 14.5. The lowest BCUT2D eigenvalue weighted by Gasteiger charge is -2.25. The van der Waals surface area contributed by atoms with Gasteiger partial charge in [-0.2, -0.15) is 0 Å². The number of hydrogen-bond donors (Lipinski definition) is 1. The minimum Gasteiger partial charge on any atom is -0.379 e. The molecule has 0 unspecified atom stereocenters. The van der Waals surface area contributed by atoms with Gasteiger partial charge in [-0.25, -0.2) is 4.68 Å². The number of ether oxygens (including phenoxy) is 1. The van der Waals surface area contributed by atoms with Crippen LogP contribution < -0.4 is 5.32 Å². The number of tetrazole rings is 1. The molecule has 0 bridgehead atoms. The Kier molecular flexibility index (Phi) is 6.08. The first kappa shape index (κ1) is 17.5. The molecule has 1 atom stereocenters. The van der Waals surface area contributed by atoms with E-state index in [1.54, 1.807) is 4.68 Å². The van der Waals surface area contributed by atoms with Crippen LogP contribution >= 0.6 is 0 Å². The number of carbonyl (C=O) groups excluding carboxylic acids is 1. The van der Waals surface area contributed by atoms with Crippen molar-refractivity contribution in [1.29, 1.82) is 0 Å². The van der Waals surface area contributed by atoms with Crippen LogP contribution in [0.5, 0.6) is 0 Å². The lowest BCUT2D eigenvalue weighted by atomic mass is 10.0. The molecule has 2 aromatic rings. The Morgan fingerprint density at radius 1 is 1.28 bits per heavy atom. The molecule has 1 amide bonds. The van der Waals surface area contributed by atoms with Gasteiger partial charge in [0.25, 0.3) is 0 Å². The van der Waals surface area contributed by atoms with Crippen LogP contribution in [0.15, 0.2) is 30.3 Å². The molecule has 8 heteroatoms. The Hall–Kier alpha value is -2.32. The Morgan fingerprint density at radius 2 is 2.04 bits per heavy atom. The van der Waals surface area contributed by atoms with E-state index in [9.17, 15) is 4.79 Å². The molecule has 2 heterocycles. The first-order valence-electron chi connectivity index (χ1n) is 8.59. The van der Waals surface area contributed by atoms with Crippen molar-refractivity contribution in [1.82, 2.24) is 30.4 Å². The average molecular weight is 344 g/mol. The molecule has 8 nitrogen and oxygen atoms in total. The molecule has 1 fully saturated rings. The molecular weight excluding hydrogens is 320 g/mol. The zero-order chi connectivity index (χ0) is 17.5. The molecule has 0 saturated carbocycles. The first-order valence-corrected chi connectivity index (χ1v) is 8.59. The van der Waals surface area contributed by atoms with Gasteiger partial charge in [-0.05, 0) is 21.9 Å². The smallest absolute Gasteiger partial charge is 0.241 e. The minimum atomic E-state index is -0.0849. The molecule has 0 spiro atoms. The van der Waals surface area contributed by atoms with Crippen LogP contribution in [0.4, 0.5) is 0 Å². The molecule has 25 heavy (non-hydrogen) atoms. The topological polar surface area (TPSA) is 85.2 Å². The fraction of sp³-hybridized carbons (Fsp3) is 0.529. The molecule has 1 saturated heterocycles. The highest BCUT2D eigenvalue weighted by atomic mass is 16.5. The van der Waals surface area contributed by atoms with Crippen LogP contribution in [0.25, 0.3) is 0 Å². The third-order valence-electron chi connectivity index (χ3n) is 4.34. The first-order chi connectivity index (χ1) is 12.2. The van der Waals surface area contributed by atoms with Crippen LogP contribution in [0.2, 0.25) is 0 Å². The van der Waals surface area contributed by atoms with Crippen molar-refractivity contribution in [3.8, 4) is 0 Å². The predicted molar refractivity (Wildman–Crippen MR) is 91.8 cm³/mol. The van der Waals surface area contributed by atoms with Crippen LogP contribution in [0.1, 0.15) is 24.2 Å². The van der Waals surface area contributed by atoms with Crippen molar-refractivity contribution in [2.45, 2.75) is 25.9 Å². The molecule has 134 valence electrons. The van der Waals surface area contributed by atoms with Gasteiger partial charge in [-0.15, -0.1) is 5.10 Å². The summed E-state index contributed by atoms with van der Waals surface area (Å²) in [6, 6.07) is 10.1. The van der Waals surface area contributed by atoms with Gasteiger partial charge in [0, 0.05) is 19.6 Å². The minimum absolute atomic E-state index is 0.0849. The van der Waals surface area contributed by atoms with E-state index < -0.39 is 0 Å². The average Bonchev–Trinajstić information content (AvgIpc) is 3.08. The number of aromatic nitrogens is 4. The van der Waals surface area contributed by atoms with E-state index in [0.29, 0.717) is 18.9 Å². The standard InChI is InChI=1S/C17H24N6O2/c1-14(15-5-3-2-4-6-15)11-18-17(24)13-23-16(19-20-21-23)12-22-7-9-25-10-8-22/h2-6,14H,7-13H2,1H3,(H,18,24)/t14-/m0/s1. The molecule has 1 N–H and O–H groups in total. The van der Waals surface area contributed by atoms with Crippen molar-refractivity contribution in [2.24, 2.45) is 0 Å². The maximum absolute atomic E-state index is 12.2. The van der Waals surface area contributed by atoms with E-state index in [0.717, 1.165) is 26.3 Å². The van der Waals surface area contributed by atoms with E-state index in [1.165, 1.54) is 5.56 Å². The number of benzene rings is 1. The fourth-order valence-corrected chi connectivity index (χ4v) is 2.78. The highest BCUT2D eigenvalue weighted by Gasteiger charge is 2.17. The van der Waals surface area contributed by atoms with E-state index in [-0.39, 0.29) is 18.4 Å². The van der Waals surface area contributed by atoms with E-state index in [1.807, 2.05) is 18.2 Å². The Labute approximate surface area is 147 Å². The maximum atomic E-state index is 12.2. The maximum Gasteiger partial charge on any atom is 0.241 e. The van der Waals surface area contributed by atoms with E-state index in [4.69, 9.17) is 4.74 Å². The van der Waals surface area contributed by atoms with Crippen LogP contribution in [0.3, 0.4) is 0 Å². The number of carbonyl (C=O) groups is 1. The molecular formula is C17H24N6O2. The Morgan fingerprint density at radius 3 is 2.80 bits per heavy atom. The van der Waals surface area contributed by atoms with Crippen molar-refractivity contribution < 1.29 is 9.53 Å². The summed E-state index contributed by atoms with van der Waals surface area (Å²) < 4.78 is 6.91. The summed E-state index contributed by atoms with van der Waals surface area (Å²) >= 11 is 0. The third kappa shape index (κ3) is 5.07. The molecule has 1 aliphatic rings. The Bertz CT molecular complexity index is 669. The lowest BCUT2D eigenvalue weighted by molar-refractivity contribution is -0.122. The summed E-state index contributed by atoms with van der Waals surface area (Å²) in [7, 11) is 0. The second-order valence-electron chi connectivity index (χ2n) is 6.26. The monoisotopic (exact) mass is 344 g/mol. The molecule has 0 radical (unpaired) electrons. The van der Waals surface area contributed by atoms with Crippen molar-refractivity contribution in [3.63, 3.8) is 0 Å². The number of morpholine rings is 1. The number of rotatable bonds is 7. The molecule has 1 aliphatic heterocycles. The van der Waals surface area contributed by atoms with Crippen LogP contribution in [-0.4, -0.2) is 63.9 Å².